The van der Waals surface area contributed by atoms with Crippen LogP contribution in [-0.4, -0.2) is 26.8 Å². The van der Waals surface area contributed by atoms with E-state index in [0.29, 0.717) is 27.6 Å². The molecule has 0 aliphatic rings. The first-order chi connectivity index (χ1) is 10.1. The van der Waals surface area contributed by atoms with Crippen molar-refractivity contribution in [2.75, 3.05) is 7.11 Å². The fraction of sp³-hybridized carbons (Fsp3) is 0.0769. The summed E-state index contributed by atoms with van der Waals surface area (Å²) in [5, 5.41) is 16.3. The summed E-state index contributed by atoms with van der Waals surface area (Å²) in [6.07, 6.45) is 1.77. The highest BCUT2D eigenvalue weighted by Crippen LogP contribution is 2.33. The number of methoxy groups -OCH3 is 1. The number of phenolic OH excluding ortho intramolecular Hbond substituents is 1. The van der Waals surface area contributed by atoms with Crippen LogP contribution in [0, 0.1) is 0 Å². The summed E-state index contributed by atoms with van der Waals surface area (Å²) in [4.78, 5) is 5.18. The fourth-order valence-corrected chi connectivity index (χ4v) is 3.16. The second kappa shape index (κ2) is 4.44. The molecule has 1 aromatic carbocycles. The molecule has 4 aromatic rings. The van der Waals surface area contributed by atoms with Gasteiger partial charge in [-0.25, -0.2) is 9.50 Å². The number of ether oxygens (including phenoxy) is 1. The number of furan rings is 1. The third-order valence-electron chi connectivity index (χ3n) is 3.09. The minimum absolute atomic E-state index is 0.188. The first-order valence-corrected chi connectivity index (χ1v) is 7.46. The van der Waals surface area contributed by atoms with Crippen molar-refractivity contribution < 1.29 is 14.3 Å². The summed E-state index contributed by atoms with van der Waals surface area (Å²) < 4.78 is 12.5. The standard InChI is InChI=1S/C13H10N3O3PS/c1-18-13-15-16-5-8(14-12(16)21-13)11-4-7-9(17)2-6(20)3-10(7)19-11/h2-5,17H,20H2,1H3. The van der Waals surface area contributed by atoms with Gasteiger partial charge in [-0.2, -0.15) is 0 Å². The minimum Gasteiger partial charge on any atom is -0.507 e. The Hall–Kier alpha value is -2.11. The highest BCUT2D eigenvalue weighted by Gasteiger charge is 2.15. The van der Waals surface area contributed by atoms with Gasteiger partial charge in [-0.15, -0.1) is 14.3 Å². The Kier molecular flexibility index (Phi) is 2.67. The maximum atomic E-state index is 9.95. The Morgan fingerprint density at radius 2 is 2.24 bits per heavy atom. The summed E-state index contributed by atoms with van der Waals surface area (Å²) in [7, 11) is 4.11. The van der Waals surface area contributed by atoms with Gasteiger partial charge in [0.1, 0.15) is 17.0 Å². The largest absolute Gasteiger partial charge is 0.507 e. The van der Waals surface area contributed by atoms with Gasteiger partial charge in [0.05, 0.1) is 18.7 Å². The Labute approximate surface area is 125 Å². The molecular weight excluding hydrogens is 309 g/mol. The molecule has 0 aliphatic heterocycles. The molecule has 0 aliphatic carbocycles. The average molecular weight is 319 g/mol. The van der Waals surface area contributed by atoms with Crippen LogP contribution in [0.1, 0.15) is 0 Å². The number of rotatable bonds is 2. The quantitative estimate of drug-likeness (QED) is 0.574. The van der Waals surface area contributed by atoms with Crippen LogP contribution in [0.2, 0.25) is 0 Å². The molecule has 0 radical (unpaired) electrons. The third-order valence-corrected chi connectivity index (χ3v) is 4.31. The molecule has 1 N–H and O–H groups in total. The number of aromatic hydroxyl groups is 1. The molecule has 0 bridgehead atoms. The van der Waals surface area contributed by atoms with E-state index in [2.05, 4.69) is 19.3 Å². The number of hydrogen-bond donors (Lipinski definition) is 1. The summed E-state index contributed by atoms with van der Waals surface area (Å²) in [6, 6.07) is 5.30. The predicted octanol–water partition coefficient (Wildman–Crippen LogP) is 2.42. The smallest absolute Gasteiger partial charge is 0.294 e. The van der Waals surface area contributed by atoms with Crippen molar-refractivity contribution in [1.29, 1.82) is 0 Å². The first kappa shape index (κ1) is 12.6. The lowest BCUT2D eigenvalue weighted by molar-refractivity contribution is 0.405. The molecule has 0 spiro atoms. The highest BCUT2D eigenvalue weighted by atomic mass is 32.1. The third kappa shape index (κ3) is 1.97. The number of benzene rings is 1. The molecule has 106 valence electrons. The van der Waals surface area contributed by atoms with E-state index in [1.165, 1.54) is 11.3 Å². The van der Waals surface area contributed by atoms with E-state index in [1.807, 2.05) is 6.07 Å². The molecule has 8 heteroatoms. The van der Waals surface area contributed by atoms with Crippen molar-refractivity contribution in [3.63, 3.8) is 0 Å². The maximum Gasteiger partial charge on any atom is 0.294 e. The summed E-state index contributed by atoms with van der Waals surface area (Å²) >= 11 is 1.35. The molecule has 21 heavy (non-hydrogen) atoms. The van der Waals surface area contributed by atoms with Gasteiger partial charge in [0, 0.05) is 0 Å². The van der Waals surface area contributed by atoms with Crippen molar-refractivity contribution in [2.24, 2.45) is 0 Å². The zero-order valence-electron chi connectivity index (χ0n) is 10.9. The molecule has 0 saturated heterocycles. The van der Waals surface area contributed by atoms with Crippen molar-refractivity contribution in [3.05, 3.63) is 24.4 Å². The van der Waals surface area contributed by atoms with Gasteiger partial charge in [0.15, 0.2) is 5.76 Å². The zero-order valence-corrected chi connectivity index (χ0v) is 12.9. The monoisotopic (exact) mass is 319 g/mol. The molecule has 1 atom stereocenters. The molecule has 1 unspecified atom stereocenters. The first-order valence-electron chi connectivity index (χ1n) is 6.06. The van der Waals surface area contributed by atoms with Crippen LogP contribution in [0.4, 0.5) is 0 Å². The predicted molar refractivity (Wildman–Crippen MR) is 83.6 cm³/mol. The molecule has 3 aromatic heterocycles. The van der Waals surface area contributed by atoms with E-state index < -0.39 is 0 Å². The Bertz CT molecular complexity index is 940. The van der Waals surface area contributed by atoms with Crippen LogP contribution < -0.4 is 10.0 Å². The Morgan fingerprint density at radius 3 is 3.00 bits per heavy atom. The average Bonchev–Trinajstić information content (AvgIpc) is 3.08. The molecular formula is C13H10N3O3PS. The summed E-state index contributed by atoms with van der Waals surface area (Å²) in [5.74, 6) is 0.779. The van der Waals surface area contributed by atoms with E-state index in [9.17, 15) is 5.11 Å². The molecule has 4 rings (SSSR count). The minimum atomic E-state index is 0.188. The van der Waals surface area contributed by atoms with E-state index in [4.69, 9.17) is 9.15 Å². The molecule has 0 amide bonds. The second-order valence-corrected chi connectivity index (χ2v) is 6.07. The zero-order chi connectivity index (χ0) is 14.6. The van der Waals surface area contributed by atoms with E-state index in [-0.39, 0.29) is 5.75 Å². The van der Waals surface area contributed by atoms with Gasteiger partial charge in [0.25, 0.3) is 5.19 Å². The second-order valence-electron chi connectivity index (χ2n) is 4.49. The van der Waals surface area contributed by atoms with E-state index in [0.717, 1.165) is 10.3 Å². The van der Waals surface area contributed by atoms with Crippen LogP contribution >= 0.6 is 20.6 Å². The lowest BCUT2D eigenvalue weighted by Crippen LogP contribution is -1.86. The van der Waals surface area contributed by atoms with Gasteiger partial charge in [0.2, 0.25) is 4.96 Å². The van der Waals surface area contributed by atoms with Gasteiger partial charge in [-0.05, 0) is 34.8 Å². The van der Waals surface area contributed by atoms with Crippen LogP contribution in [0.3, 0.4) is 0 Å². The Balaban J connectivity index is 1.87. The molecule has 0 saturated carbocycles. The Morgan fingerprint density at radius 1 is 1.38 bits per heavy atom. The topological polar surface area (TPSA) is 72.8 Å². The van der Waals surface area contributed by atoms with Crippen LogP contribution in [0.25, 0.3) is 27.4 Å². The van der Waals surface area contributed by atoms with E-state index in [1.54, 1.807) is 30.0 Å². The van der Waals surface area contributed by atoms with Crippen molar-refractivity contribution in [1.82, 2.24) is 14.6 Å². The molecule has 6 nitrogen and oxygen atoms in total. The highest BCUT2D eigenvalue weighted by molar-refractivity contribution is 7.27. The van der Waals surface area contributed by atoms with Crippen molar-refractivity contribution >= 4 is 41.8 Å². The lowest BCUT2D eigenvalue weighted by atomic mass is 10.2. The van der Waals surface area contributed by atoms with Gasteiger partial charge >= 0.3 is 0 Å². The number of aromatic nitrogens is 3. The maximum absolute atomic E-state index is 9.95. The van der Waals surface area contributed by atoms with Gasteiger partial charge in [-0.3, -0.25) is 0 Å². The number of nitrogens with zero attached hydrogens (tertiary/aromatic N) is 3. The van der Waals surface area contributed by atoms with Crippen LogP contribution in [-0.2, 0) is 0 Å². The fourth-order valence-electron chi connectivity index (χ4n) is 2.15. The van der Waals surface area contributed by atoms with Crippen LogP contribution in [0.5, 0.6) is 10.9 Å². The number of fused-ring (bicyclic) bond motifs is 2. The number of imidazole rings is 1. The normalized spacial score (nSPS) is 11.5. The van der Waals surface area contributed by atoms with Gasteiger partial charge < -0.3 is 14.3 Å². The van der Waals surface area contributed by atoms with Gasteiger partial charge in [-0.1, -0.05) is 0 Å². The number of hydrogen-bond acceptors (Lipinski definition) is 6. The summed E-state index contributed by atoms with van der Waals surface area (Å²) in [5.41, 5.74) is 1.29. The lowest BCUT2D eigenvalue weighted by Gasteiger charge is -1.95. The molecule has 0 fully saturated rings. The summed E-state index contributed by atoms with van der Waals surface area (Å²) in [6.45, 7) is 0. The van der Waals surface area contributed by atoms with E-state index >= 15 is 0 Å². The SMILES string of the molecule is COc1nn2cc(-c3cc4c(O)cc(P)cc4o3)nc2s1. The van der Waals surface area contributed by atoms with Crippen molar-refractivity contribution in [3.8, 4) is 22.4 Å². The number of phenols is 1. The molecule has 3 heterocycles. The van der Waals surface area contributed by atoms with Crippen LogP contribution in [0.15, 0.2) is 28.8 Å². The van der Waals surface area contributed by atoms with Crippen molar-refractivity contribution in [2.45, 2.75) is 0 Å².